The van der Waals surface area contributed by atoms with Gasteiger partial charge in [0.2, 0.25) is 0 Å². The van der Waals surface area contributed by atoms with Crippen LogP contribution in [0.15, 0.2) is 18.3 Å². The van der Waals surface area contributed by atoms with Gasteiger partial charge < -0.3 is 24.6 Å². The highest BCUT2D eigenvalue weighted by Crippen LogP contribution is 2.19. The highest BCUT2D eigenvalue weighted by Gasteiger charge is 2.21. The fourth-order valence-corrected chi connectivity index (χ4v) is 2.51. The molecule has 0 aromatic carbocycles. The number of nitrogens with zero attached hydrogens (tertiary/aromatic N) is 3. The number of ether oxygens (including phenoxy) is 2. The van der Waals surface area contributed by atoms with Crippen molar-refractivity contribution in [3.05, 3.63) is 18.3 Å². The number of aromatic nitrogens is 1. The summed E-state index contributed by atoms with van der Waals surface area (Å²) >= 11 is 0. The minimum absolute atomic E-state index is 0.229. The molecule has 3 rings (SSSR count). The van der Waals surface area contributed by atoms with Crippen LogP contribution in [0.25, 0.3) is 0 Å². The van der Waals surface area contributed by atoms with E-state index in [1.165, 1.54) is 0 Å². The van der Waals surface area contributed by atoms with Crippen LogP contribution in [-0.2, 0) is 9.47 Å². The summed E-state index contributed by atoms with van der Waals surface area (Å²) < 4.78 is 10.5. The van der Waals surface area contributed by atoms with E-state index in [0.29, 0.717) is 64.1 Å². The highest BCUT2D eigenvalue weighted by molar-refractivity contribution is 5.97. The Bertz CT molecular complexity index is 534. The third-order valence-corrected chi connectivity index (χ3v) is 3.87. The fraction of sp³-hybridized carbons (Fsp3) is 0.533. The second-order valence-corrected chi connectivity index (χ2v) is 5.46. The van der Waals surface area contributed by atoms with Crippen molar-refractivity contribution in [3.8, 4) is 0 Å². The second-order valence-electron chi connectivity index (χ2n) is 5.46. The quantitative estimate of drug-likeness (QED) is 0.834. The average molecular weight is 335 g/mol. The van der Waals surface area contributed by atoms with E-state index in [1.54, 1.807) is 28.1 Å². The molecule has 0 atom stereocenters. The Balaban J connectivity index is 1.63. The summed E-state index contributed by atoms with van der Waals surface area (Å²) in [7, 11) is 0. The maximum atomic E-state index is 12.3. The van der Waals surface area contributed by atoms with E-state index < -0.39 is 0 Å². The van der Waals surface area contributed by atoms with Crippen LogP contribution in [0, 0.1) is 0 Å². The number of pyridine rings is 1. The van der Waals surface area contributed by atoms with Gasteiger partial charge in [-0.25, -0.2) is 14.6 Å². The van der Waals surface area contributed by atoms with Gasteiger partial charge in [0, 0.05) is 32.4 Å². The average Bonchev–Trinajstić information content (AvgIpc) is 2.64. The van der Waals surface area contributed by atoms with Crippen LogP contribution in [0.5, 0.6) is 0 Å². The Morgan fingerprint density at radius 3 is 2.04 bits per heavy atom. The molecule has 0 saturated carbocycles. The minimum atomic E-state index is -0.251. The first kappa shape index (κ1) is 16.5. The Morgan fingerprint density at radius 1 is 0.917 bits per heavy atom. The summed E-state index contributed by atoms with van der Waals surface area (Å²) in [5.74, 6) is 0.329. The summed E-state index contributed by atoms with van der Waals surface area (Å²) in [4.78, 5) is 32.1. The topological polar surface area (TPSA) is 96.0 Å². The standard InChI is InChI=1S/C15H21N5O4/c21-14(19-4-8-23-9-5-19)17-12-2-1-3-16-13(12)18-15(22)20-6-10-24-11-7-20/h1-3H,4-11H2,(H,17,21)(H,16,18,22). The first-order valence-corrected chi connectivity index (χ1v) is 7.96. The Hall–Kier alpha value is -2.39. The van der Waals surface area contributed by atoms with Crippen molar-refractivity contribution in [2.75, 3.05) is 63.2 Å². The Labute approximate surface area is 139 Å². The molecule has 9 nitrogen and oxygen atoms in total. The molecular formula is C15H21N5O4. The first-order valence-electron chi connectivity index (χ1n) is 7.96. The molecule has 2 aliphatic heterocycles. The lowest BCUT2D eigenvalue weighted by Gasteiger charge is -2.28. The van der Waals surface area contributed by atoms with E-state index in [-0.39, 0.29) is 12.1 Å². The number of anilines is 2. The number of rotatable bonds is 2. The summed E-state index contributed by atoms with van der Waals surface area (Å²) in [6.07, 6.45) is 1.57. The van der Waals surface area contributed by atoms with Gasteiger partial charge in [0.1, 0.15) is 0 Å². The third kappa shape index (κ3) is 4.12. The van der Waals surface area contributed by atoms with E-state index in [9.17, 15) is 9.59 Å². The van der Waals surface area contributed by atoms with Crippen LogP contribution in [0.4, 0.5) is 21.1 Å². The molecule has 4 amide bonds. The van der Waals surface area contributed by atoms with Gasteiger partial charge in [0.05, 0.1) is 32.1 Å². The molecule has 0 bridgehead atoms. The molecule has 9 heteroatoms. The van der Waals surface area contributed by atoms with E-state index in [4.69, 9.17) is 9.47 Å². The number of morpholine rings is 2. The molecule has 130 valence electrons. The van der Waals surface area contributed by atoms with Crippen LogP contribution in [0.1, 0.15) is 0 Å². The molecule has 0 radical (unpaired) electrons. The van der Waals surface area contributed by atoms with Crippen LogP contribution in [0.2, 0.25) is 0 Å². The van der Waals surface area contributed by atoms with Crippen LogP contribution >= 0.6 is 0 Å². The molecule has 0 aliphatic carbocycles. The zero-order chi connectivity index (χ0) is 16.8. The van der Waals surface area contributed by atoms with Gasteiger partial charge >= 0.3 is 12.1 Å². The highest BCUT2D eigenvalue weighted by atomic mass is 16.5. The van der Waals surface area contributed by atoms with E-state index in [0.717, 1.165) is 0 Å². The van der Waals surface area contributed by atoms with Crippen LogP contribution < -0.4 is 10.6 Å². The van der Waals surface area contributed by atoms with Crippen LogP contribution in [-0.4, -0.2) is 79.5 Å². The number of urea groups is 2. The van der Waals surface area contributed by atoms with Crippen molar-refractivity contribution >= 4 is 23.6 Å². The van der Waals surface area contributed by atoms with Gasteiger partial charge in [-0.3, -0.25) is 5.32 Å². The van der Waals surface area contributed by atoms with E-state index in [2.05, 4.69) is 15.6 Å². The molecule has 2 N–H and O–H groups in total. The Kier molecular flexibility index (Phi) is 5.44. The number of hydrogen-bond donors (Lipinski definition) is 2. The summed E-state index contributed by atoms with van der Waals surface area (Å²) in [6, 6.07) is 2.94. The van der Waals surface area contributed by atoms with Crippen molar-refractivity contribution in [2.24, 2.45) is 0 Å². The normalized spacial score (nSPS) is 18.2. The first-order chi connectivity index (χ1) is 11.7. The minimum Gasteiger partial charge on any atom is -0.378 e. The smallest absolute Gasteiger partial charge is 0.323 e. The number of hydrogen-bond acceptors (Lipinski definition) is 5. The third-order valence-electron chi connectivity index (χ3n) is 3.87. The number of amides is 4. The van der Waals surface area contributed by atoms with Crippen molar-refractivity contribution in [1.82, 2.24) is 14.8 Å². The van der Waals surface area contributed by atoms with Gasteiger partial charge in [-0.15, -0.1) is 0 Å². The maximum Gasteiger partial charge on any atom is 0.323 e. The lowest BCUT2D eigenvalue weighted by Crippen LogP contribution is -2.44. The van der Waals surface area contributed by atoms with E-state index >= 15 is 0 Å². The van der Waals surface area contributed by atoms with E-state index in [1.807, 2.05) is 0 Å². The molecule has 2 saturated heterocycles. The van der Waals surface area contributed by atoms with Crippen LogP contribution in [0.3, 0.4) is 0 Å². The predicted octanol–water partition coefficient (Wildman–Crippen LogP) is 0.810. The van der Waals surface area contributed by atoms with Gasteiger partial charge in [-0.2, -0.15) is 0 Å². The predicted molar refractivity (Wildman–Crippen MR) is 87.1 cm³/mol. The summed E-state index contributed by atoms with van der Waals surface area (Å²) in [5.41, 5.74) is 0.468. The van der Waals surface area contributed by atoms with Crippen molar-refractivity contribution in [1.29, 1.82) is 0 Å². The number of carbonyl (C=O) groups is 2. The second kappa shape index (κ2) is 7.93. The van der Waals surface area contributed by atoms with Gasteiger partial charge in [-0.05, 0) is 12.1 Å². The largest absolute Gasteiger partial charge is 0.378 e. The monoisotopic (exact) mass is 335 g/mol. The molecule has 1 aromatic heterocycles. The zero-order valence-electron chi connectivity index (χ0n) is 13.4. The lowest BCUT2D eigenvalue weighted by molar-refractivity contribution is 0.0563. The van der Waals surface area contributed by atoms with Gasteiger partial charge in [-0.1, -0.05) is 0 Å². The molecule has 2 fully saturated rings. The molecule has 24 heavy (non-hydrogen) atoms. The maximum absolute atomic E-state index is 12.3. The van der Waals surface area contributed by atoms with Crippen molar-refractivity contribution in [2.45, 2.75) is 0 Å². The van der Waals surface area contributed by atoms with Crippen molar-refractivity contribution < 1.29 is 19.1 Å². The number of carbonyl (C=O) groups excluding carboxylic acids is 2. The summed E-state index contributed by atoms with van der Waals surface area (Å²) in [5, 5.41) is 5.55. The molecule has 0 spiro atoms. The lowest BCUT2D eigenvalue weighted by atomic mass is 10.3. The SMILES string of the molecule is O=C(Nc1cccnc1NC(=O)N1CCOCC1)N1CCOCC1. The summed E-state index contributed by atoms with van der Waals surface area (Å²) in [6.45, 7) is 4.26. The molecular weight excluding hydrogens is 314 g/mol. The Morgan fingerprint density at radius 2 is 1.46 bits per heavy atom. The molecule has 1 aromatic rings. The molecule has 0 unspecified atom stereocenters. The molecule has 3 heterocycles. The number of nitrogens with one attached hydrogen (secondary N) is 2. The van der Waals surface area contributed by atoms with Crippen molar-refractivity contribution in [3.63, 3.8) is 0 Å². The zero-order valence-corrected chi connectivity index (χ0v) is 13.4. The van der Waals surface area contributed by atoms with Gasteiger partial charge in [0.15, 0.2) is 5.82 Å². The fourth-order valence-electron chi connectivity index (χ4n) is 2.51. The van der Waals surface area contributed by atoms with Gasteiger partial charge in [0.25, 0.3) is 0 Å². The molecule has 2 aliphatic rings.